The summed E-state index contributed by atoms with van der Waals surface area (Å²) in [4.78, 5) is 0.661. The SMILES string of the molecule is CC(F)(Sc1cccc(F)c1)C1CCNCC1. The lowest BCUT2D eigenvalue weighted by Crippen LogP contribution is -2.36. The van der Waals surface area contributed by atoms with E-state index >= 15 is 0 Å². The number of hydrogen-bond donors (Lipinski definition) is 1. The van der Waals surface area contributed by atoms with E-state index in [0.29, 0.717) is 4.90 Å². The Morgan fingerprint density at radius 1 is 1.35 bits per heavy atom. The smallest absolute Gasteiger partial charge is 0.160 e. The van der Waals surface area contributed by atoms with Gasteiger partial charge in [-0.25, -0.2) is 8.78 Å². The number of thioether (sulfide) groups is 1. The lowest BCUT2D eigenvalue weighted by molar-refractivity contribution is 0.172. The van der Waals surface area contributed by atoms with Crippen molar-refractivity contribution in [3.8, 4) is 0 Å². The molecule has 0 bridgehead atoms. The Bertz CT molecular complexity index is 375. The maximum Gasteiger partial charge on any atom is 0.160 e. The summed E-state index contributed by atoms with van der Waals surface area (Å²) in [5.41, 5.74) is 0. The zero-order valence-corrected chi connectivity index (χ0v) is 10.7. The molecule has 1 aromatic carbocycles. The summed E-state index contributed by atoms with van der Waals surface area (Å²) in [6.07, 6.45) is 1.69. The van der Waals surface area contributed by atoms with E-state index in [0.717, 1.165) is 37.7 Å². The number of rotatable bonds is 3. The van der Waals surface area contributed by atoms with Gasteiger partial charge in [0, 0.05) is 10.8 Å². The van der Waals surface area contributed by atoms with Crippen molar-refractivity contribution >= 4 is 11.8 Å². The van der Waals surface area contributed by atoms with E-state index < -0.39 is 5.00 Å². The molecule has 0 radical (unpaired) electrons. The van der Waals surface area contributed by atoms with Crippen LogP contribution >= 0.6 is 11.8 Å². The van der Waals surface area contributed by atoms with Crippen LogP contribution in [0.15, 0.2) is 29.2 Å². The number of hydrogen-bond acceptors (Lipinski definition) is 2. The van der Waals surface area contributed by atoms with Crippen molar-refractivity contribution in [2.75, 3.05) is 13.1 Å². The predicted octanol–water partition coefficient (Wildman–Crippen LogP) is 3.60. The molecule has 17 heavy (non-hydrogen) atoms. The van der Waals surface area contributed by atoms with Crippen molar-refractivity contribution in [3.05, 3.63) is 30.1 Å². The summed E-state index contributed by atoms with van der Waals surface area (Å²) in [6.45, 7) is 3.35. The van der Waals surface area contributed by atoms with Crippen molar-refractivity contribution in [2.45, 2.75) is 29.7 Å². The highest BCUT2D eigenvalue weighted by Crippen LogP contribution is 2.43. The minimum absolute atomic E-state index is 0.0389. The summed E-state index contributed by atoms with van der Waals surface area (Å²) < 4.78 is 27.6. The molecule has 94 valence electrons. The summed E-state index contributed by atoms with van der Waals surface area (Å²) in [5, 5.41) is 1.90. The van der Waals surface area contributed by atoms with E-state index in [4.69, 9.17) is 0 Å². The molecular weight excluding hydrogens is 240 g/mol. The van der Waals surface area contributed by atoms with Crippen LogP contribution in [0.25, 0.3) is 0 Å². The maximum atomic E-state index is 14.6. The number of piperidine rings is 1. The van der Waals surface area contributed by atoms with Gasteiger partial charge in [-0.2, -0.15) is 0 Å². The normalized spacial score (nSPS) is 21.1. The zero-order chi connectivity index (χ0) is 12.3. The molecule has 0 saturated carbocycles. The molecule has 1 aliphatic rings. The van der Waals surface area contributed by atoms with Crippen molar-refractivity contribution in [1.82, 2.24) is 5.32 Å². The molecule has 0 spiro atoms. The Hall–Kier alpha value is -0.610. The Morgan fingerprint density at radius 3 is 2.71 bits per heavy atom. The van der Waals surface area contributed by atoms with E-state index in [-0.39, 0.29) is 11.7 Å². The van der Waals surface area contributed by atoms with Gasteiger partial charge in [-0.15, -0.1) is 0 Å². The standard InChI is InChI=1S/C13H17F2NS/c1-13(15,10-5-7-16-8-6-10)17-12-4-2-3-11(14)9-12/h2-4,9-10,16H,5-8H2,1H3. The molecule has 1 N–H and O–H groups in total. The van der Waals surface area contributed by atoms with Crippen LogP contribution in [0.2, 0.25) is 0 Å². The summed E-state index contributed by atoms with van der Waals surface area (Å²) in [5.74, 6) is -0.270. The highest BCUT2D eigenvalue weighted by molar-refractivity contribution is 8.00. The fourth-order valence-electron chi connectivity index (χ4n) is 2.18. The third-order valence-corrected chi connectivity index (χ3v) is 4.40. The highest BCUT2D eigenvalue weighted by Gasteiger charge is 2.36. The van der Waals surface area contributed by atoms with Gasteiger partial charge in [0.2, 0.25) is 0 Å². The largest absolute Gasteiger partial charge is 0.317 e. The van der Waals surface area contributed by atoms with Crippen molar-refractivity contribution < 1.29 is 8.78 Å². The first-order valence-corrected chi connectivity index (χ1v) is 6.74. The molecule has 1 unspecified atom stereocenters. The van der Waals surface area contributed by atoms with E-state index in [2.05, 4.69) is 5.32 Å². The van der Waals surface area contributed by atoms with Crippen molar-refractivity contribution in [1.29, 1.82) is 0 Å². The molecule has 0 aliphatic carbocycles. The molecule has 0 aromatic heterocycles. The third-order valence-electron chi connectivity index (χ3n) is 3.18. The molecule has 4 heteroatoms. The average Bonchev–Trinajstić information content (AvgIpc) is 2.29. The van der Waals surface area contributed by atoms with E-state index in [1.807, 2.05) is 0 Å². The average molecular weight is 257 g/mol. The second-order valence-corrected chi connectivity index (χ2v) is 6.04. The van der Waals surface area contributed by atoms with E-state index in [9.17, 15) is 8.78 Å². The first-order valence-electron chi connectivity index (χ1n) is 5.92. The van der Waals surface area contributed by atoms with Crippen LogP contribution in [0.5, 0.6) is 0 Å². The third kappa shape index (κ3) is 3.42. The van der Waals surface area contributed by atoms with Gasteiger partial charge < -0.3 is 5.32 Å². The fourth-order valence-corrected chi connectivity index (χ4v) is 3.36. The van der Waals surface area contributed by atoms with Crippen molar-refractivity contribution in [2.24, 2.45) is 5.92 Å². The summed E-state index contributed by atoms with van der Waals surface area (Å²) in [7, 11) is 0. The molecule has 2 rings (SSSR count). The van der Waals surface area contributed by atoms with Crippen LogP contribution < -0.4 is 5.32 Å². The lowest BCUT2D eigenvalue weighted by atomic mass is 9.93. The second kappa shape index (κ2) is 5.36. The van der Waals surface area contributed by atoms with Crippen LogP contribution in [-0.4, -0.2) is 18.1 Å². The highest BCUT2D eigenvalue weighted by atomic mass is 32.2. The van der Waals surface area contributed by atoms with Gasteiger partial charge in [-0.05, 0) is 51.1 Å². The van der Waals surface area contributed by atoms with Crippen LogP contribution in [0.3, 0.4) is 0 Å². The molecule has 1 fully saturated rings. The van der Waals surface area contributed by atoms with Gasteiger partial charge in [-0.3, -0.25) is 0 Å². The molecule has 1 heterocycles. The van der Waals surface area contributed by atoms with E-state index in [1.54, 1.807) is 19.1 Å². The van der Waals surface area contributed by atoms with Crippen LogP contribution in [-0.2, 0) is 0 Å². The summed E-state index contributed by atoms with van der Waals surface area (Å²) in [6, 6.07) is 6.15. The van der Waals surface area contributed by atoms with Crippen LogP contribution in [0.1, 0.15) is 19.8 Å². The Kier molecular flexibility index (Phi) is 4.05. The first kappa shape index (κ1) is 12.8. The molecule has 0 amide bonds. The quantitative estimate of drug-likeness (QED) is 0.830. The van der Waals surface area contributed by atoms with Crippen LogP contribution in [0, 0.1) is 11.7 Å². The molecule has 1 nitrogen and oxygen atoms in total. The molecular formula is C13H17F2NS. The molecule has 1 atom stereocenters. The van der Waals surface area contributed by atoms with Gasteiger partial charge in [0.15, 0.2) is 5.00 Å². The number of benzene rings is 1. The topological polar surface area (TPSA) is 12.0 Å². The number of alkyl halides is 1. The van der Waals surface area contributed by atoms with Gasteiger partial charge in [-0.1, -0.05) is 17.8 Å². The van der Waals surface area contributed by atoms with Gasteiger partial charge >= 0.3 is 0 Å². The minimum Gasteiger partial charge on any atom is -0.317 e. The molecule has 1 saturated heterocycles. The minimum atomic E-state index is -1.32. The van der Waals surface area contributed by atoms with Crippen molar-refractivity contribution in [3.63, 3.8) is 0 Å². The molecule has 1 aromatic rings. The predicted molar refractivity (Wildman–Crippen MR) is 67.4 cm³/mol. The van der Waals surface area contributed by atoms with Gasteiger partial charge in [0.25, 0.3) is 0 Å². The first-order chi connectivity index (χ1) is 8.08. The monoisotopic (exact) mass is 257 g/mol. The summed E-state index contributed by atoms with van der Waals surface area (Å²) >= 11 is 1.13. The Morgan fingerprint density at radius 2 is 2.06 bits per heavy atom. The van der Waals surface area contributed by atoms with E-state index in [1.165, 1.54) is 12.1 Å². The van der Waals surface area contributed by atoms with Gasteiger partial charge in [0.05, 0.1) is 0 Å². The number of nitrogens with one attached hydrogen (secondary N) is 1. The fraction of sp³-hybridized carbons (Fsp3) is 0.538. The lowest BCUT2D eigenvalue weighted by Gasteiger charge is -2.33. The van der Waals surface area contributed by atoms with Gasteiger partial charge in [0.1, 0.15) is 5.82 Å². The van der Waals surface area contributed by atoms with Crippen LogP contribution in [0.4, 0.5) is 8.78 Å². The molecule has 1 aliphatic heterocycles. The maximum absolute atomic E-state index is 14.6. The second-order valence-electron chi connectivity index (χ2n) is 4.57. The zero-order valence-electron chi connectivity index (χ0n) is 9.88. The Labute approximate surface area is 105 Å². The number of halogens is 2. The Balaban J connectivity index is 2.05.